The minimum atomic E-state index is -4.68. The molecule has 0 atom stereocenters. The first-order valence-corrected chi connectivity index (χ1v) is 9.47. The zero-order valence-electron chi connectivity index (χ0n) is 16.4. The van der Waals surface area contributed by atoms with E-state index < -0.39 is 27.4 Å². The van der Waals surface area contributed by atoms with Gasteiger partial charge in [-0.1, -0.05) is 23.7 Å². The number of nitro groups is 1. The third-order valence-electron chi connectivity index (χ3n) is 4.41. The fourth-order valence-electron chi connectivity index (χ4n) is 3.03. The minimum absolute atomic E-state index is 0.0145. The Labute approximate surface area is 180 Å². The standard InChI is InChI=1S/C20H17ClF3N5O2/c1-3-28(14-6-4-5-12(2)9-14)19-17(29(30)31)18(25-11-26-19)27-13-7-8-16(21)15(10-13)20(22,23)24/h4-11H,3H2,1-2H3,(H,25,26,27). The molecule has 0 amide bonds. The lowest BCUT2D eigenvalue weighted by molar-refractivity contribution is -0.383. The summed E-state index contributed by atoms with van der Waals surface area (Å²) in [5.74, 6) is -0.225. The van der Waals surface area contributed by atoms with Crippen LogP contribution in [0, 0.1) is 17.0 Å². The van der Waals surface area contributed by atoms with Gasteiger partial charge in [-0.25, -0.2) is 9.97 Å². The zero-order valence-corrected chi connectivity index (χ0v) is 17.2. The molecule has 2 aromatic carbocycles. The number of hydrogen-bond acceptors (Lipinski definition) is 6. The summed E-state index contributed by atoms with van der Waals surface area (Å²) in [5.41, 5.74) is 0.0523. The van der Waals surface area contributed by atoms with Crippen LogP contribution in [0.3, 0.4) is 0 Å². The number of halogens is 4. The van der Waals surface area contributed by atoms with Crippen LogP contribution in [0.15, 0.2) is 48.8 Å². The van der Waals surface area contributed by atoms with E-state index in [0.29, 0.717) is 12.2 Å². The first-order valence-electron chi connectivity index (χ1n) is 9.09. The van der Waals surface area contributed by atoms with Crippen molar-refractivity contribution < 1.29 is 18.1 Å². The van der Waals surface area contributed by atoms with Gasteiger partial charge in [0, 0.05) is 17.9 Å². The molecule has 11 heteroatoms. The molecule has 0 saturated carbocycles. The molecule has 162 valence electrons. The van der Waals surface area contributed by atoms with Crippen molar-refractivity contribution in [1.82, 2.24) is 9.97 Å². The van der Waals surface area contributed by atoms with Gasteiger partial charge in [-0.3, -0.25) is 10.1 Å². The molecule has 0 radical (unpaired) electrons. The molecule has 0 aliphatic heterocycles. The van der Waals surface area contributed by atoms with Crippen molar-refractivity contribution in [3.05, 3.63) is 75.1 Å². The van der Waals surface area contributed by atoms with E-state index in [4.69, 9.17) is 11.6 Å². The zero-order chi connectivity index (χ0) is 22.8. The first kappa shape index (κ1) is 22.3. The van der Waals surface area contributed by atoms with E-state index in [1.807, 2.05) is 25.1 Å². The number of aryl methyl sites for hydroxylation is 1. The lowest BCUT2D eigenvalue weighted by Gasteiger charge is -2.22. The summed E-state index contributed by atoms with van der Waals surface area (Å²) in [7, 11) is 0. The highest BCUT2D eigenvalue weighted by Gasteiger charge is 2.34. The number of hydrogen-bond donors (Lipinski definition) is 1. The number of alkyl halides is 3. The van der Waals surface area contributed by atoms with Crippen molar-refractivity contribution in [3.63, 3.8) is 0 Å². The Morgan fingerprint density at radius 1 is 1.19 bits per heavy atom. The fraction of sp³-hybridized carbons (Fsp3) is 0.200. The molecule has 0 unspecified atom stereocenters. The van der Waals surface area contributed by atoms with Crippen LogP contribution in [0.2, 0.25) is 5.02 Å². The number of aromatic nitrogens is 2. The Balaban J connectivity index is 2.08. The SMILES string of the molecule is CCN(c1cccc(C)c1)c1ncnc(Nc2ccc(Cl)c(C(F)(F)F)c2)c1[N+](=O)[O-]. The predicted octanol–water partition coefficient (Wildman–Crippen LogP) is 6.27. The van der Waals surface area contributed by atoms with E-state index in [9.17, 15) is 23.3 Å². The Morgan fingerprint density at radius 3 is 2.55 bits per heavy atom. The Morgan fingerprint density at radius 2 is 1.94 bits per heavy atom. The van der Waals surface area contributed by atoms with Gasteiger partial charge in [-0.2, -0.15) is 13.2 Å². The van der Waals surface area contributed by atoms with Gasteiger partial charge in [-0.05, 0) is 49.7 Å². The van der Waals surface area contributed by atoms with Crippen molar-refractivity contribution in [2.45, 2.75) is 20.0 Å². The summed E-state index contributed by atoms with van der Waals surface area (Å²) in [5, 5.41) is 14.0. The molecule has 3 rings (SSSR count). The molecular weight excluding hydrogens is 435 g/mol. The normalized spacial score (nSPS) is 11.3. The summed E-state index contributed by atoms with van der Waals surface area (Å²) >= 11 is 5.64. The Kier molecular flexibility index (Phi) is 6.30. The molecular formula is C20H17ClF3N5O2. The predicted molar refractivity (Wildman–Crippen MR) is 112 cm³/mol. The van der Waals surface area contributed by atoms with E-state index >= 15 is 0 Å². The molecule has 0 aliphatic carbocycles. The highest BCUT2D eigenvalue weighted by atomic mass is 35.5. The number of rotatable bonds is 6. The first-order chi connectivity index (χ1) is 14.6. The molecule has 1 N–H and O–H groups in total. The maximum atomic E-state index is 13.2. The smallest absolute Gasteiger partial charge is 0.334 e. The van der Waals surface area contributed by atoms with Gasteiger partial charge in [0.1, 0.15) is 6.33 Å². The summed E-state index contributed by atoms with van der Waals surface area (Å²) in [4.78, 5) is 20.8. The van der Waals surface area contributed by atoms with E-state index in [1.54, 1.807) is 17.9 Å². The molecule has 31 heavy (non-hydrogen) atoms. The molecule has 0 spiro atoms. The topological polar surface area (TPSA) is 84.2 Å². The van der Waals surface area contributed by atoms with Crippen LogP contribution in [-0.2, 0) is 6.18 Å². The van der Waals surface area contributed by atoms with Gasteiger partial charge in [-0.15, -0.1) is 0 Å². The number of benzene rings is 2. The van der Waals surface area contributed by atoms with Gasteiger partial charge in [0.15, 0.2) is 0 Å². The molecule has 1 heterocycles. The van der Waals surface area contributed by atoms with Gasteiger partial charge in [0.25, 0.3) is 0 Å². The Hall–Kier alpha value is -3.40. The third kappa shape index (κ3) is 4.85. The van der Waals surface area contributed by atoms with Crippen LogP contribution in [0.5, 0.6) is 0 Å². The van der Waals surface area contributed by atoms with Crippen molar-refractivity contribution in [2.24, 2.45) is 0 Å². The highest BCUT2D eigenvalue weighted by molar-refractivity contribution is 6.31. The molecule has 0 aliphatic rings. The van der Waals surface area contributed by atoms with Gasteiger partial charge >= 0.3 is 11.9 Å². The Bertz CT molecular complexity index is 1120. The molecule has 0 saturated heterocycles. The van der Waals surface area contributed by atoms with E-state index in [2.05, 4.69) is 15.3 Å². The van der Waals surface area contributed by atoms with Crippen LogP contribution in [0.4, 0.5) is 41.9 Å². The fourth-order valence-corrected chi connectivity index (χ4v) is 3.26. The van der Waals surface area contributed by atoms with Crippen molar-refractivity contribution >= 4 is 40.3 Å². The van der Waals surface area contributed by atoms with Gasteiger partial charge in [0.2, 0.25) is 11.6 Å². The van der Waals surface area contributed by atoms with Crippen molar-refractivity contribution in [3.8, 4) is 0 Å². The number of nitrogens with one attached hydrogen (secondary N) is 1. The minimum Gasteiger partial charge on any atom is -0.334 e. The third-order valence-corrected chi connectivity index (χ3v) is 4.73. The summed E-state index contributed by atoms with van der Waals surface area (Å²) in [6.45, 7) is 4.05. The highest BCUT2D eigenvalue weighted by Crippen LogP contribution is 2.39. The molecule has 0 fully saturated rings. The largest absolute Gasteiger partial charge is 0.417 e. The molecule has 7 nitrogen and oxygen atoms in total. The monoisotopic (exact) mass is 451 g/mol. The number of nitrogens with zero attached hydrogens (tertiary/aromatic N) is 4. The van der Waals surface area contributed by atoms with E-state index in [0.717, 1.165) is 24.0 Å². The second kappa shape index (κ2) is 8.76. The van der Waals surface area contributed by atoms with Crippen molar-refractivity contribution in [1.29, 1.82) is 0 Å². The molecule has 0 bridgehead atoms. The van der Waals surface area contributed by atoms with Gasteiger partial charge in [0.05, 0.1) is 15.5 Å². The number of anilines is 4. The lowest BCUT2D eigenvalue weighted by atomic mass is 10.2. The quantitative estimate of drug-likeness (QED) is 0.351. The summed E-state index contributed by atoms with van der Waals surface area (Å²) in [6, 6.07) is 10.4. The molecule has 1 aromatic heterocycles. The van der Waals surface area contributed by atoms with E-state index in [1.165, 1.54) is 6.07 Å². The van der Waals surface area contributed by atoms with Crippen LogP contribution in [0.1, 0.15) is 18.1 Å². The molecule has 3 aromatic rings. The van der Waals surface area contributed by atoms with Crippen LogP contribution < -0.4 is 10.2 Å². The van der Waals surface area contributed by atoms with Crippen LogP contribution >= 0.6 is 11.6 Å². The van der Waals surface area contributed by atoms with Crippen LogP contribution in [-0.4, -0.2) is 21.4 Å². The summed E-state index contributed by atoms with van der Waals surface area (Å²) in [6.07, 6.45) is -3.56. The van der Waals surface area contributed by atoms with Crippen molar-refractivity contribution in [2.75, 3.05) is 16.8 Å². The van der Waals surface area contributed by atoms with E-state index in [-0.39, 0.29) is 17.3 Å². The summed E-state index contributed by atoms with van der Waals surface area (Å²) < 4.78 is 39.5. The second-order valence-electron chi connectivity index (χ2n) is 6.55. The van der Waals surface area contributed by atoms with Gasteiger partial charge < -0.3 is 10.2 Å². The average Bonchev–Trinajstić information content (AvgIpc) is 2.69. The second-order valence-corrected chi connectivity index (χ2v) is 6.96. The average molecular weight is 452 g/mol. The van der Waals surface area contributed by atoms with Crippen LogP contribution in [0.25, 0.3) is 0 Å². The maximum Gasteiger partial charge on any atom is 0.417 e. The lowest BCUT2D eigenvalue weighted by Crippen LogP contribution is -2.20. The maximum absolute atomic E-state index is 13.2.